The summed E-state index contributed by atoms with van der Waals surface area (Å²) in [5.41, 5.74) is 2.41. The summed E-state index contributed by atoms with van der Waals surface area (Å²) in [4.78, 5) is 17.5. The lowest BCUT2D eigenvalue weighted by Crippen LogP contribution is -2.10. The molecule has 0 aliphatic carbocycles. The molecule has 1 N–H and O–H groups in total. The lowest BCUT2D eigenvalue weighted by Gasteiger charge is -2.13. The molecule has 0 unspecified atom stereocenters. The number of ether oxygens (including phenoxy) is 2. The van der Waals surface area contributed by atoms with Crippen molar-refractivity contribution in [2.45, 2.75) is 57.0 Å². The zero-order chi connectivity index (χ0) is 33.1. The van der Waals surface area contributed by atoms with Crippen molar-refractivity contribution >= 4 is 28.5 Å². The number of hydrogen-bond acceptors (Lipinski definition) is 5. The number of amides is 1. The van der Waals surface area contributed by atoms with Crippen molar-refractivity contribution in [2.24, 2.45) is 0 Å². The van der Waals surface area contributed by atoms with Gasteiger partial charge in [0.25, 0.3) is 0 Å². The Morgan fingerprint density at radius 1 is 0.978 bits per heavy atom. The van der Waals surface area contributed by atoms with E-state index >= 15 is 0 Å². The zero-order valence-electron chi connectivity index (χ0n) is 26.1. The predicted molar refractivity (Wildman–Crippen MR) is 175 cm³/mol. The van der Waals surface area contributed by atoms with Crippen molar-refractivity contribution in [3.8, 4) is 16.9 Å². The van der Waals surface area contributed by atoms with Crippen molar-refractivity contribution in [1.29, 1.82) is 0 Å². The molecule has 3 aromatic carbocycles. The van der Waals surface area contributed by atoms with Crippen LogP contribution in [0.3, 0.4) is 0 Å². The van der Waals surface area contributed by atoms with E-state index < -0.39 is 28.4 Å². The fourth-order valence-corrected chi connectivity index (χ4v) is 5.89. The normalized spacial score (nSPS) is 12.4. The minimum Gasteiger partial charge on any atom is -0.491 e. The highest BCUT2D eigenvalue weighted by atomic mass is 32.2. The number of rotatable bonds is 15. The van der Waals surface area contributed by atoms with Crippen LogP contribution in [0.1, 0.15) is 49.2 Å². The van der Waals surface area contributed by atoms with Crippen LogP contribution < -0.4 is 10.1 Å². The van der Waals surface area contributed by atoms with Crippen LogP contribution in [0.4, 0.5) is 18.9 Å². The lowest BCUT2D eigenvalue weighted by molar-refractivity contribution is -0.137. The van der Waals surface area contributed by atoms with E-state index in [4.69, 9.17) is 9.47 Å². The number of nitrogens with one attached hydrogen (secondary N) is 1. The Hall–Kier alpha value is -4.22. The van der Waals surface area contributed by atoms with Crippen molar-refractivity contribution in [2.75, 3.05) is 25.1 Å². The first-order valence-corrected chi connectivity index (χ1v) is 16.4. The predicted octanol–water partition coefficient (Wildman–Crippen LogP) is 8.05. The molecular weight excluding hydrogens is 615 g/mol. The number of unbranched alkanes of at least 4 members (excludes halogenated alkanes) is 1. The molecule has 1 aromatic heterocycles. The Labute approximate surface area is 269 Å². The van der Waals surface area contributed by atoms with E-state index in [1.165, 1.54) is 12.1 Å². The molecule has 0 aliphatic rings. The number of nitrogens with zero attached hydrogens (tertiary/aromatic N) is 2. The topological polar surface area (TPSA) is 82.4 Å². The molecule has 0 fully saturated rings. The molecule has 0 saturated heterocycles. The van der Waals surface area contributed by atoms with Crippen LogP contribution in [0.15, 0.2) is 84.0 Å². The third kappa shape index (κ3) is 9.64. The van der Waals surface area contributed by atoms with Gasteiger partial charge in [0.15, 0.2) is 0 Å². The molecule has 4 aromatic rings. The van der Waals surface area contributed by atoms with Crippen LogP contribution in [0.5, 0.6) is 5.75 Å². The molecule has 4 rings (SSSR count). The van der Waals surface area contributed by atoms with Gasteiger partial charge in [-0.2, -0.15) is 13.2 Å². The zero-order valence-corrected chi connectivity index (χ0v) is 26.9. The summed E-state index contributed by atoms with van der Waals surface area (Å²) in [6.45, 7) is 8.24. The maximum absolute atomic E-state index is 13.8. The maximum atomic E-state index is 13.8. The van der Waals surface area contributed by atoms with Crippen molar-refractivity contribution in [3.63, 3.8) is 0 Å². The van der Waals surface area contributed by atoms with Gasteiger partial charge in [-0.1, -0.05) is 31.5 Å². The lowest BCUT2D eigenvalue weighted by atomic mass is 9.98. The van der Waals surface area contributed by atoms with Gasteiger partial charge in [0, 0.05) is 29.8 Å². The number of imidazole rings is 1. The van der Waals surface area contributed by atoms with Crippen LogP contribution in [-0.2, 0) is 38.8 Å². The van der Waals surface area contributed by atoms with Gasteiger partial charge >= 0.3 is 6.18 Å². The number of benzene rings is 3. The SMILES string of the molecule is CCCCOCCOc1ccc(-c2ccc(C(F)(F)F)c(/C=C/C(=O)Nc3ccc([S@](=O)Cc4c(C)ncn4CC)cc3)c2)cc1. The Morgan fingerprint density at radius 2 is 1.70 bits per heavy atom. The van der Waals surface area contributed by atoms with Crippen LogP contribution >= 0.6 is 0 Å². The molecule has 1 heterocycles. The fourth-order valence-electron chi connectivity index (χ4n) is 4.66. The third-order valence-corrected chi connectivity index (χ3v) is 8.58. The summed E-state index contributed by atoms with van der Waals surface area (Å²) in [6, 6.07) is 17.4. The molecule has 0 saturated carbocycles. The smallest absolute Gasteiger partial charge is 0.416 e. The Kier molecular flexibility index (Phi) is 12.3. The quantitative estimate of drug-likeness (QED) is 0.104. The summed E-state index contributed by atoms with van der Waals surface area (Å²) in [5, 5.41) is 2.65. The number of anilines is 1. The van der Waals surface area contributed by atoms with Gasteiger partial charge in [0.1, 0.15) is 12.4 Å². The van der Waals surface area contributed by atoms with E-state index in [9.17, 15) is 22.2 Å². The van der Waals surface area contributed by atoms with Gasteiger partial charge in [-0.25, -0.2) is 4.98 Å². The number of hydrogen-bond donors (Lipinski definition) is 1. The van der Waals surface area contributed by atoms with Gasteiger partial charge in [0.05, 0.1) is 46.4 Å². The van der Waals surface area contributed by atoms with Gasteiger partial charge in [0.2, 0.25) is 5.91 Å². The van der Waals surface area contributed by atoms with Crippen LogP contribution in [0.25, 0.3) is 17.2 Å². The first-order valence-electron chi connectivity index (χ1n) is 15.1. The minimum absolute atomic E-state index is 0.142. The van der Waals surface area contributed by atoms with E-state index in [-0.39, 0.29) is 5.56 Å². The molecule has 244 valence electrons. The Bertz CT molecular complexity index is 1650. The van der Waals surface area contributed by atoms with Crippen molar-refractivity contribution < 1.29 is 31.6 Å². The largest absolute Gasteiger partial charge is 0.491 e. The van der Waals surface area contributed by atoms with Crippen LogP contribution in [0.2, 0.25) is 0 Å². The number of carbonyl (C=O) groups excluding carboxylic acids is 1. The van der Waals surface area contributed by atoms with E-state index in [1.54, 1.807) is 54.9 Å². The highest BCUT2D eigenvalue weighted by Gasteiger charge is 2.32. The summed E-state index contributed by atoms with van der Waals surface area (Å²) in [6.07, 6.45) is 1.39. The average Bonchev–Trinajstić information content (AvgIpc) is 3.40. The second-order valence-electron chi connectivity index (χ2n) is 10.5. The second kappa shape index (κ2) is 16.4. The van der Waals surface area contributed by atoms with Gasteiger partial charge in [-0.3, -0.25) is 9.00 Å². The average molecular weight is 654 g/mol. The number of aromatic nitrogens is 2. The summed E-state index contributed by atoms with van der Waals surface area (Å²) < 4.78 is 67.5. The van der Waals surface area contributed by atoms with Crippen molar-refractivity contribution in [3.05, 3.63) is 102 Å². The minimum atomic E-state index is -4.61. The number of aryl methyl sites for hydroxylation is 2. The highest BCUT2D eigenvalue weighted by molar-refractivity contribution is 7.84. The number of halogens is 3. The molecule has 0 aliphatic heterocycles. The molecular formula is C35H38F3N3O4S. The van der Waals surface area contributed by atoms with E-state index in [2.05, 4.69) is 17.2 Å². The molecule has 46 heavy (non-hydrogen) atoms. The van der Waals surface area contributed by atoms with E-state index in [0.29, 0.717) is 53.0 Å². The number of carbonyl (C=O) groups is 1. The van der Waals surface area contributed by atoms with Crippen LogP contribution in [0, 0.1) is 6.92 Å². The van der Waals surface area contributed by atoms with Gasteiger partial charge in [-0.15, -0.1) is 0 Å². The molecule has 1 atom stereocenters. The fraction of sp³-hybridized carbons (Fsp3) is 0.314. The summed E-state index contributed by atoms with van der Waals surface area (Å²) in [7, 11) is -1.32. The van der Waals surface area contributed by atoms with Gasteiger partial charge < -0.3 is 19.4 Å². The third-order valence-electron chi connectivity index (χ3n) is 7.25. The Balaban J connectivity index is 1.40. The molecule has 1 amide bonds. The molecule has 0 radical (unpaired) electrons. The van der Waals surface area contributed by atoms with Gasteiger partial charge in [-0.05, 0) is 91.6 Å². The first kappa shape index (κ1) is 34.6. The van der Waals surface area contributed by atoms with Crippen molar-refractivity contribution in [1.82, 2.24) is 9.55 Å². The molecule has 0 bridgehead atoms. The van der Waals surface area contributed by atoms with Crippen LogP contribution in [-0.4, -0.2) is 39.5 Å². The first-order chi connectivity index (χ1) is 22.1. The Morgan fingerprint density at radius 3 is 2.37 bits per heavy atom. The van der Waals surface area contributed by atoms with E-state index in [1.807, 2.05) is 18.4 Å². The summed E-state index contributed by atoms with van der Waals surface area (Å²) >= 11 is 0. The molecule has 11 heteroatoms. The number of alkyl halides is 3. The standard InChI is InChI=1S/C35H38F3N3O4S/c1-4-6-19-44-20-21-45-30-13-7-26(8-14-30)27-9-17-32(35(36,37)38)28(22-27)10-18-34(42)40-29-11-15-31(16-12-29)46(43)23-33-25(3)39-24-41(33)5-2/h7-18,22,24H,4-6,19-21,23H2,1-3H3,(H,40,42)/b18-10+/t46-/m1/s1. The highest BCUT2D eigenvalue weighted by Crippen LogP contribution is 2.35. The maximum Gasteiger partial charge on any atom is 0.416 e. The molecule has 7 nitrogen and oxygen atoms in total. The molecule has 0 spiro atoms. The second-order valence-corrected chi connectivity index (χ2v) is 12.0. The monoisotopic (exact) mass is 653 g/mol. The summed E-state index contributed by atoms with van der Waals surface area (Å²) in [5.74, 6) is 0.335. The van der Waals surface area contributed by atoms with E-state index in [0.717, 1.165) is 49.0 Å².